The molecule has 0 aliphatic carbocycles. The Balaban J connectivity index is 1.79. The third-order valence-electron chi connectivity index (χ3n) is 4.48. The van der Waals surface area contributed by atoms with Crippen molar-refractivity contribution < 1.29 is 9.90 Å². The summed E-state index contributed by atoms with van der Waals surface area (Å²) >= 11 is 0. The molecule has 0 aromatic heterocycles. The first-order valence-electron chi connectivity index (χ1n) is 8.46. The maximum atomic E-state index is 10.8. The minimum atomic E-state index is -1.22. The molecule has 2 aromatic carbocycles. The van der Waals surface area contributed by atoms with Crippen LogP contribution in [0.3, 0.4) is 0 Å². The van der Waals surface area contributed by atoms with E-state index in [0.29, 0.717) is 11.1 Å². The average molecular weight is 331 g/mol. The predicted molar refractivity (Wildman–Crippen MR) is 96.8 cm³/mol. The highest BCUT2D eigenvalue weighted by atomic mass is 16.4. The number of carbonyl (C=O) groups is 1. The highest BCUT2D eigenvalue weighted by molar-refractivity contribution is 5.91. The van der Waals surface area contributed by atoms with Gasteiger partial charge in [-0.25, -0.2) is 0 Å². The van der Waals surface area contributed by atoms with Crippen LogP contribution in [-0.2, 0) is 0 Å². The van der Waals surface area contributed by atoms with Crippen LogP contribution in [-0.4, -0.2) is 19.1 Å². The lowest BCUT2D eigenvalue weighted by molar-refractivity contribution is -0.255. The van der Waals surface area contributed by atoms with Crippen molar-refractivity contribution in [2.75, 3.05) is 18.0 Å². The van der Waals surface area contributed by atoms with Gasteiger partial charge in [0.2, 0.25) is 0 Å². The Labute approximate surface area is 147 Å². The van der Waals surface area contributed by atoms with Crippen LogP contribution < -0.4 is 10.0 Å². The number of rotatable bonds is 4. The van der Waals surface area contributed by atoms with Crippen molar-refractivity contribution in [1.82, 2.24) is 0 Å². The largest absolute Gasteiger partial charge is 0.545 e. The summed E-state index contributed by atoms with van der Waals surface area (Å²) in [6, 6.07) is 16.5. The fraction of sp³-hybridized carbons (Fsp3) is 0.238. The molecule has 1 aliphatic rings. The van der Waals surface area contributed by atoms with Crippen molar-refractivity contribution in [3.8, 4) is 6.07 Å². The number of piperidine rings is 1. The van der Waals surface area contributed by atoms with E-state index in [0.717, 1.165) is 18.7 Å². The van der Waals surface area contributed by atoms with E-state index in [1.165, 1.54) is 37.1 Å². The number of nitrogens with zero attached hydrogens (tertiary/aromatic N) is 2. The van der Waals surface area contributed by atoms with Gasteiger partial charge in [-0.2, -0.15) is 5.26 Å². The summed E-state index contributed by atoms with van der Waals surface area (Å²) in [6.45, 7) is 2.20. The Hall–Kier alpha value is -3.06. The molecule has 0 atom stereocenters. The first-order valence-corrected chi connectivity index (χ1v) is 8.46. The van der Waals surface area contributed by atoms with Gasteiger partial charge >= 0.3 is 0 Å². The third kappa shape index (κ3) is 4.07. The van der Waals surface area contributed by atoms with Gasteiger partial charge < -0.3 is 14.8 Å². The van der Waals surface area contributed by atoms with Crippen LogP contribution in [0.5, 0.6) is 0 Å². The molecule has 0 radical (unpaired) electrons. The summed E-state index contributed by atoms with van der Waals surface area (Å²) in [4.78, 5) is 13.2. The molecule has 0 saturated carbocycles. The minimum absolute atomic E-state index is 0.104. The van der Waals surface area contributed by atoms with E-state index >= 15 is 0 Å². The number of anilines is 1. The van der Waals surface area contributed by atoms with E-state index in [9.17, 15) is 15.2 Å². The fourth-order valence-corrected chi connectivity index (χ4v) is 3.07. The molecule has 0 bridgehead atoms. The van der Waals surface area contributed by atoms with Gasteiger partial charge in [-0.05, 0) is 54.2 Å². The van der Waals surface area contributed by atoms with Gasteiger partial charge in [0.1, 0.15) is 0 Å². The van der Waals surface area contributed by atoms with Gasteiger partial charge in [-0.15, -0.1) is 0 Å². The second kappa shape index (κ2) is 7.67. The highest BCUT2D eigenvalue weighted by Crippen LogP contribution is 2.23. The quantitative estimate of drug-likeness (QED) is 0.638. The molecule has 1 heterocycles. The van der Waals surface area contributed by atoms with Gasteiger partial charge in [0.05, 0.1) is 17.6 Å². The normalized spacial score (nSPS) is 14.8. The fourth-order valence-electron chi connectivity index (χ4n) is 3.07. The number of hydrogen-bond acceptors (Lipinski definition) is 4. The van der Waals surface area contributed by atoms with E-state index in [4.69, 9.17) is 0 Å². The zero-order valence-corrected chi connectivity index (χ0v) is 13.9. The molecule has 2 aromatic rings. The molecular formula is C21H19N2O2-. The molecule has 0 amide bonds. The predicted octanol–water partition coefficient (Wildman–Crippen LogP) is 3.10. The number of hydrogen-bond donors (Lipinski definition) is 0. The molecule has 1 aliphatic heterocycles. The Morgan fingerprint density at radius 1 is 0.960 bits per heavy atom. The summed E-state index contributed by atoms with van der Waals surface area (Å²) in [5.41, 5.74) is 3.45. The van der Waals surface area contributed by atoms with Crippen LogP contribution in [0.25, 0.3) is 11.6 Å². The lowest BCUT2D eigenvalue weighted by atomic mass is 10.0. The lowest BCUT2D eigenvalue weighted by Crippen LogP contribution is -2.29. The number of aromatic carboxylic acids is 1. The van der Waals surface area contributed by atoms with Crippen LogP contribution >= 0.6 is 0 Å². The van der Waals surface area contributed by atoms with Gasteiger partial charge in [-0.3, -0.25) is 0 Å². The topological polar surface area (TPSA) is 67.2 Å². The van der Waals surface area contributed by atoms with Gasteiger partial charge in [-0.1, -0.05) is 36.4 Å². The molecule has 0 N–H and O–H groups in total. The number of carboxylic acids is 1. The molecule has 0 unspecified atom stereocenters. The second-order valence-electron chi connectivity index (χ2n) is 6.17. The van der Waals surface area contributed by atoms with Crippen LogP contribution in [0.4, 0.5) is 5.69 Å². The second-order valence-corrected chi connectivity index (χ2v) is 6.17. The molecule has 4 nitrogen and oxygen atoms in total. The molecule has 1 saturated heterocycles. The summed E-state index contributed by atoms with van der Waals surface area (Å²) in [5.74, 6) is -1.22. The van der Waals surface area contributed by atoms with E-state index in [1.807, 2.05) is 18.2 Å². The van der Waals surface area contributed by atoms with Crippen LogP contribution in [0.15, 0.2) is 48.5 Å². The van der Waals surface area contributed by atoms with Crippen molar-refractivity contribution in [2.24, 2.45) is 0 Å². The summed E-state index contributed by atoms with van der Waals surface area (Å²) in [6.07, 6.45) is 5.60. The summed E-state index contributed by atoms with van der Waals surface area (Å²) in [7, 11) is 0. The van der Waals surface area contributed by atoms with Crippen molar-refractivity contribution in [1.29, 1.82) is 5.26 Å². The standard InChI is InChI=1S/C21H20N2O2/c22-15-19(17-6-8-18(9-7-17)21(24)25)14-16-4-10-20(11-5-16)23-12-2-1-3-13-23/h4-11,14H,1-3,12-13H2,(H,24,25)/p-1/b19-14-. The number of carbonyl (C=O) groups excluding carboxylic acids is 1. The zero-order valence-electron chi connectivity index (χ0n) is 13.9. The van der Waals surface area contributed by atoms with Crippen molar-refractivity contribution >= 4 is 23.3 Å². The molecular weight excluding hydrogens is 312 g/mol. The number of carboxylic acid groups (broad SMARTS) is 1. The molecule has 1 fully saturated rings. The Kier molecular flexibility index (Phi) is 5.15. The van der Waals surface area contributed by atoms with Crippen LogP contribution in [0.2, 0.25) is 0 Å². The Morgan fingerprint density at radius 3 is 2.12 bits per heavy atom. The minimum Gasteiger partial charge on any atom is -0.545 e. The lowest BCUT2D eigenvalue weighted by Gasteiger charge is -2.28. The van der Waals surface area contributed by atoms with Gasteiger partial charge in [0.15, 0.2) is 0 Å². The maximum Gasteiger partial charge on any atom is 0.0998 e. The molecule has 0 spiro atoms. The van der Waals surface area contributed by atoms with Gasteiger partial charge in [0, 0.05) is 18.8 Å². The van der Waals surface area contributed by atoms with E-state index < -0.39 is 5.97 Å². The third-order valence-corrected chi connectivity index (χ3v) is 4.48. The van der Waals surface area contributed by atoms with Crippen LogP contribution in [0, 0.1) is 11.3 Å². The maximum absolute atomic E-state index is 10.8. The van der Waals surface area contributed by atoms with Crippen LogP contribution in [0.1, 0.15) is 40.7 Å². The Bertz CT molecular complexity index is 808. The average Bonchev–Trinajstić information content (AvgIpc) is 2.67. The van der Waals surface area contributed by atoms with E-state index in [2.05, 4.69) is 23.1 Å². The Morgan fingerprint density at radius 2 is 1.56 bits per heavy atom. The van der Waals surface area contributed by atoms with Crippen molar-refractivity contribution in [3.63, 3.8) is 0 Å². The molecule has 126 valence electrons. The van der Waals surface area contributed by atoms with Gasteiger partial charge in [0.25, 0.3) is 0 Å². The SMILES string of the molecule is N#C/C(=C/c1ccc(N2CCCCC2)cc1)c1ccc(C(=O)[O-])cc1. The smallest absolute Gasteiger partial charge is 0.0998 e. The number of nitriles is 1. The summed E-state index contributed by atoms with van der Waals surface area (Å²) in [5, 5.41) is 20.2. The first-order chi connectivity index (χ1) is 12.2. The number of allylic oxidation sites excluding steroid dienone is 1. The molecule has 4 heteroatoms. The van der Waals surface area contributed by atoms with Crippen molar-refractivity contribution in [3.05, 3.63) is 65.2 Å². The summed E-state index contributed by atoms with van der Waals surface area (Å²) < 4.78 is 0. The molecule has 3 rings (SSSR count). The molecule has 25 heavy (non-hydrogen) atoms. The zero-order chi connectivity index (χ0) is 17.6. The monoisotopic (exact) mass is 331 g/mol. The van der Waals surface area contributed by atoms with E-state index in [1.54, 1.807) is 12.1 Å². The first kappa shape index (κ1) is 16.8. The van der Waals surface area contributed by atoms with E-state index in [-0.39, 0.29) is 5.56 Å². The van der Waals surface area contributed by atoms with Crippen molar-refractivity contribution in [2.45, 2.75) is 19.3 Å². The highest BCUT2D eigenvalue weighted by Gasteiger charge is 2.10. The number of benzene rings is 2.